The quantitative estimate of drug-likeness (QED) is 0.647. The first-order chi connectivity index (χ1) is 11.1. The SMILES string of the molecule is COc1cccc(/C=C/C(=O)O[C@@H](C)C(=O)NC2CCCC2)c1. The van der Waals surface area contributed by atoms with Crippen LogP contribution in [0.4, 0.5) is 0 Å². The Labute approximate surface area is 136 Å². The summed E-state index contributed by atoms with van der Waals surface area (Å²) in [5, 5.41) is 2.92. The van der Waals surface area contributed by atoms with Gasteiger partial charge in [-0.25, -0.2) is 4.79 Å². The monoisotopic (exact) mass is 317 g/mol. The van der Waals surface area contributed by atoms with Crippen molar-refractivity contribution in [3.05, 3.63) is 35.9 Å². The minimum absolute atomic E-state index is 0.218. The highest BCUT2D eigenvalue weighted by atomic mass is 16.5. The largest absolute Gasteiger partial charge is 0.497 e. The number of rotatable bonds is 6. The van der Waals surface area contributed by atoms with E-state index in [1.54, 1.807) is 26.2 Å². The van der Waals surface area contributed by atoms with Gasteiger partial charge in [0.15, 0.2) is 6.10 Å². The molecule has 2 rings (SSSR count). The van der Waals surface area contributed by atoms with Crippen LogP contribution in [0.25, 0.3) is 6.08 Å². The predicted octanol–water partition coefficient (Wildman–Crippen LogP) is 2.70. The highest BCUT2D eigenvalue weighted by Crippen LogP contribution is 2.18. The number of amides is 1. The minimum Gasteiger partial charge on any atom is -0.497 e. The third kappa shape index (κ3) is 5.43. The molecule has 0 bridgehead atoms. The number of carbonyl (C=O) groups excluding carboxylic acids is 2. The lowest BCUT2D eigenvalue weighted by Gasteiger charge is -2.16. The standard InChI is InChI=1S/C18H23NO4/c1-13(18(21)19-15-7-3-4-8-15)23-17(20)11-10-14-6-5-9-16(12-14)22-2/h5-6,9-13,15H,3-4,7-8H2,1-2H3,(H,19,21)/b11-10+/t13-/m0/s1. The Balaban J connectivity index is 1.82. The van der Waals surface area contributed by atoms with Gasteiger partial charge in [-0.3, -0.25) is 4.79 Å². The Morgan fingerprint density at radius 2 is 2.04 bits per heavy atom. The van der Waals surface area contributed by atoms with Gasteiger partial charge in [-0.05, 0) is 43.5 Å². The Morgan fingerprint density at radius 3 is 2.74 bits per heavy atom. The van der Waals surface area contributed by atoms with E-state index in [2.05, 4.69) is 5.32 Å². The first-order valence-corrected chi connectivity index (χ1v) is 7.91. The number of carbonyl (C=O) groups is 2. The van der Waals surface area contributed by atoms with E-state index in [4.69, 9.17) is 9.47 Å². The van der Waals surface area contributed by atoms with Gasteiger partial charge in [-0.2, -0.15) is 0 Å². The van der Waals surface area contributed by atoms with E-state index in [1.807, 2.05) is 18.2 Å². The average Bonchev–Trinajstić information content (AvgIpc) is 3.06. The second kappa shape index (κ2) is 8.36. The molecule has 1 aromatic rings. The zero-order valence-corrected chi connectivity index (χ0v) is 13.6. The molecule has 0 unspecified atom stereocenters. The minimum atomic E-state index is -0.793. The van der Waals surface area contributed by atoms with E-state index in [9.17, 15) is 9.59 Å². The second-order valence-electron chi connectivity index (χ2n) is 5.68. The van der Waals surface area contributed by atoms with Gasteiger partial charge < -0.3 is 14.8 Å². The molecule has 0 aliphatic heterocycles. The molecule has 0 aromatic heterocycles. The van der Waals surface area contributed by atoms with Crippen molar-refractivity contribution in [1.82, 2.24) is 5.32 Å². The molecular formula is C18H23NO4. The number of hydrogen-bond donors (Lipinski definition) is 1. The number of ether oxygens (including phenoxy) is 2. The van der Waals surface area contributed by atoms with Gasteiger partial charge in [0.1, 0.15) is 5.75 Å². The molecular weight excluding hydrogens is 294 g/mol. The fraction of sp³-hybridized carbons (Fsp3) is 0.444. The summed E-state index contributed by atoms with van der Waals surface area (Å²) in [6, 6.07) is 7.53. The van der Waals surface area contributed by atoms with Crippen molar-refractivity contribution in [3.63, 3.8) is 0 Å². The van der Waals surface area contributed by atoms with Crippen LogP contribution in [0.15, 0.2) is 30.3 Å². The molecule has 1 saturated carbocycles. The smallest absolute Gasteiger partial charge is 0.331 e. The maximum Gasteiger partial charge on any atom is 0.331 e. The van der Waals surface area contributed by atoms with E-state index < -0.39 is 12.1 Å². The average molecular weight is 317 g/mol. The molecule has 1 amide bonds. The Bertz CT molecular complexity index is 576. The molecule has 0 radical (unpaired) electrons. The molecule has 1 fully saturated rings. The third-order valence-electron chi connectivity index (χ3n) is 3.87. The number of benzene rings is 1. The van der Waals surface area contributed by atoms with Crippen molar-refractivity contribution in [2.24, 2.45) is 0 Å². The summed E-state index contributed by atoms with van der Waals surface area (Å²) in [6.07, 6.45) is 6.44. The van der Waals surface area contributed by atoms with E-state index in [0.717, 1.165) is 31.2 Å². The van der Waals surface area contributed by atoms with Crippen molar-refractivity contribution in [1.29, 1.82) is 0 Å². The van der Waals surface area contributed by atoms with Gasteiger partial charge in [0, 0.05) is 12.1 Å². The first-order valence-electron chi connectivity index (χ1n) is 7.91. The molecule has 124 valence electrons. The van der Waals surface area contributed by atoms with Crippen molar-refractivity contribution < 1.29 is 19.1 Å². The summed E-state index contributed by atoms with van der Waals surface area (Å²) in [7, 11) is 1.59. The van der Waals surface area contributed by atoms with Crippen molar-refractivity contribution >= 4 is 18.0 Å². The maximum absolute atomic E-state index is 12.0. The van der Waals surface area contributed by atoms with E-state index in [1.165, 1.54) is 6.08 Å². The third-order valence-corrected chi connectivity index (χ3v) is 3.87. The zero-order chi connectivity index (χ0) is 16.7. The summed E-state index contributed by atoms with van der Waals surface area (Å²) in [5.74, 6) is -0.0632. The van der Waals surface area contributed by atoms with E-state index in [0.29, 0.717) is 5.75 Å². The highest BCUT2D eigenvalue weighted by Gasteiger charge is 2.22. The number of hydrogen-bond acceptors (Lipinski definition) is 4. The van der Waals surface area contributed by atoms with E-state index >= 15 is 0 Å². The van der Waals surface area contributed by atoms with Gasteiger partial charge in [-0.15, -0.1) is 0 Å². The van der Waals surface area contributed by atoms with Gasteiger partial charge in [0.25, 0.3) is 5.91 Å². The maximum atomic E-state index is 12.0. The Morgan fingerprint density at radius 1 is 1.30 bits per heavy atom. The summed E-state index contributed by atoms with van der Waals surface area (Å²) in [5.41, 5.74) is 0.823. The molecule has 1 aromatic carbocycles. The Hall–Kier alpha value is -2.30. The summed E-state index contributed by atoms with van der Waals surface area (Å²) < 4.78 is 10.2. The van der Waals surface area contributed by atoms with Gasteiger partial charge in [-0.1, -0.05) is 25.0 Å². The number of esters is 1. The molecule has 5 nitrogen and oxygen atoms in total. The van der Waals surface area contributed by atoms with Crippen molar-refractivity contribution in [2.75, 3.05) is 7.11 Å². The molecule has 0 heterocycles. The molecule has 0 saturated heterocycles. The summed E-state index contributed by atoms with van der Waals surface area (Å²) in [6.45, 7) is 1.58. The fourth-order valence-corrected chi connectivity index (χ4v) is 2.57. The normalized spacial score (nSPS) is 16.3. The van der Waals surface area contributed by atoms with Crippen LogP contribution in [0.3, 0.4) is 0 Å². The molecule has 23 heavy (non-hydrogen) atoms. The van der Waals surface area contributed by atoms with Crippen molar-refractivity contribution in [2.45, 2.75) is 44.8 Å². The molecule has 5 heteroatoms. The van der Waals surface area contributed by atoms with Crippen LogP contribution >= 0.6 is 0 Å². The first kappa shape index (κ1) is 17.1. The van der Waals surface area contributed by atoms with Crippen LogP contribution in [0, 0.1) is 0 Å². The van der Waals surface area contributed by atoms with Gasteiger partial charge in [0.2, 0.25) is 0 Å². The van der Waals surface area contributed by atoms with Gasteiger partial charge in [0.05, 0.1) is 7.11 Å². The Kier molecular flexibility index (Phi) is 6.20. The number of methoxy groups -OCH3 is 1. The van der Waals surface area contributed by atoms with E-state index in [-0.39, 0.29) is 11.9 Å². The molecule has 1 aliphatic rings. The van der Waals surface area contributed by atoms with Crippen LogP contribution in [-0.4, -0.2) is 31.1 Å². The lowest BCUT2D eigenvalue weighted by molar-refractivity contribution is -0.150. The fourth-order valence-electron chi connectivity index (χ4n) is 2.57. The lowest BCUT2D eigenvalue weighted by atomic mass is 10.2. The van der Waals surface area contributed by atoms with Crippen LogP contribution in [-0.2, 0) is 14.3 Å². The van der Waals surface area contributed by atoms with Crippen LogP contribution in [0.1, 0.15) is 38.2 Å². The topological polar surface area (TPSA) is 64.6 Å². The number of nitrogens with one attached hydrogen (secondary N) is 1. The van der Waals surface area contributed by atoms with Crippen molar-refractivity contribution in [3.8, 4) is 5.75 Å². The summed E-state index contributed by atoms with van der Waals surface area (Å²) in [4.78, 5) is 23.8. The van der Waals surface area contributed by atoms with Crippen LogP contribution in [0.2, 0.25) is 0 Å². The molecule has 1 atom stereocenters. The van der Waals surface area contributed by atoms with Gasteiger partial charge >= 0.3 is 5.97 Å². The summed E-state index contributed by atoms with van der Waals surface area (Å²) >= 11 is 0. The lowest BCUT2D eigenvalue weighted by Crippen LogP contribution is -2.40. The second-order valence-corrected chi connectivity index (χ2v) is 5.68. The highest BCUT2D eigenvalue weighted by molar-refractivity contribution is 5.90. The molecule has 0 spiro atoms. The molecule has 1 aliphatic carbocycles. The molecule has 1 N–H and O–H groups in total. The predicted molar refractivity (Wildman–Crippen MR) is 88.0 cm³/mol. The zero-order valence-electron chi connectivity index (χ0n) is 13.6. The van der Waals surface area contributed by atoms with Crippen LogP contribution < -0.4 is 10.1 Å². The van der Waals surface area contributed by atoms with Crippen LogP contribution in [0.5, 0.6) is 5.75 Å².